The van der Waals surface area contributed by atoms with Crippen molar-refractivity contribution in [2.75, 3.05) is 6.54 Å². The third-order valence-corrected chi connectivity index (χ3v) is 3.15. The van der Waals surface area contributed by atoms with E-state index in [0.29, 0.717) is 13.1 Å². The van der Waals surface area contributed by atoms with Gasteiger partial charge in [0.05, 0.1) is 0 Å². The summed E-state index contributed by atoms with van der Waals surface area (Å²) in [5.41, 5.74) is 1.91. The molecule has 0 saturated heterocycles. The zero-order valence-corrected chi connectivity index (χ0v) is 12.0. The van der Waals surface area contributed by atoms with Crippen LogP contribution in [0.5, 0.6) is 5.75 Å². The topological polar surface area (TPSA) is 49.8 Å². The van der Waals surface area contributed by atoms with Gasteiger partial charge in [-0.05, 0) is 30.2 Å². The molecule has 2 rings (SSSR count). The largest absolute Gasteiger partial charge is 0.508 e. The molecule has 1 amide bonds. The summed E-state index contributed by atoms with van der Waals surface area (Å²) in [4.78, 5) is 13.7. The zero-order chi connectivity index (χ0) is 15.1. The van der Waals surface area contributed by atoms with E-state index in [1.807, 2.05) is 37.3 Å². The van der Waals surface area contributed by atoms with Crippen molar-refractivity contribution in [2.24, 2.45) is 0 Å². The monoisotopic (exact) mass is 285 g/mol. The molecule has 0 heterocycles. The SMILES string of the molecule is CCN(Cc1ccc(O)cc1)C(=O)OCc1ccccc1. The fraction of sp³-hybridized carbons (Fsp3) is 0.235. The number of hydrogen-bond donors (Lipinski definition) is 1. The van der Waals surface area contributed by atoms with Gasteiger partial charge in [-0.15, -0.1) is 0 Å². The molecule has 0 bridgehead atoms. The average molecular weight is 285 g/mol. The first-order valence-corrected chi connectivity index (χ1v) is 6.92. The Balaban J connectivity index is 1.90. The molecule has 2 aromatic rings. The molecule has 4 heteroatoms. The zero-order valence-electron chi connectivity index (χ0n) is 12.0. The Morgan fingerprint density at radius 2 is 1.71 bits per heavy atom. The number of phenols is 1. The maximum atomic E-state index is 12.1. The lowest BCUT2D eigenvalue weighted by atomic mass is 10.2. The first-order chi connectivity index (χ1) is 10.2. The first-order valence-electron chi connectivity index (χ1n) is 6.92. The predicted octanol–water partition coefficient (Wildman–Crippen LogP) is 3.55. The second-order valence-electron chi connectivity index (χ2n) is 4.72. The van der Waals surface area contributed by atoms with Crippen LogP contribution in [0.25, 0.3) is 0 Å². The molecule has 0 spiro atoms. The molecule has 0 aromatic heterocycles. The molecule has 0 aliphatic heterocycles. The van der Waals surface area contributed by atoms with E-state index in [1.165, 1.54) is 0 Å². The maximum absolute atomic E-state index is 12.1. The summed E-state index contributed by atoms with van der Waals surface area (Å²) in [6.07, 6.45) is -0.338. The smallest absolute Gasteiger partial charge is 0.410 e. The Labute approximate surface area is 124 Å². The fourth-order valence-corrected chi connectivity index (χ4v) is 1.94. The summed E-state index contributed by atoms with van der Waals surface area (Å²) in [7, 11) is 0. The van der Waals surface area contributed by atoms with Gasteiger partial charge in [0.2, 0.25) is 0 Å². The van der Waals surface area contributed by atoms with E-state index in [1.54, 1.807) is 29.2 Å². The molecule has 4 nitrogen and oxygen atoms in total. The lowest BCUT2D eigenvalue weighted by Gasteiger charge is -2.20. The number of carbonyl (C=O) groups is 1. The van der Waals surface area contributed by atoms with E-state index < -0.39 is 0 Å². The van der Waals surface area contributed by atoms with Crippen molar-refractivity contribution in [3.8, 4) is 5.75 Å². The lowest BCUT2D eigenvalue weighted by Crippen LogP contribution is -2.30. The second-order valence-corrected chi connectivity index (χ2v) is 4.72. The van der Waals surface area contributed by atoms with E-state index in [4.69, 9.17) is 4.74 Å². The van der Waals surface area contributed by atoms with E-state index >= 15 is 0 Å². The molecule has 0 radical (unpaired) electrons. The first kappa shape index (κ1) is 14.9. The van der Waals surface area contributed by atoms with E-state index in [0.717, 1.165) is 11.1 Å². The highest BCUT2D eigenvalue weighted by Crippen LogP contribution is 2.12. The Hall–Kier alpha value is -2.49. The van der Waals surface area contributed by atoms with Crippen LogP contribution in [0.15, 0.2) is 54.6 Å². The number of aromatic hydroxyl groups is 1. The number of phenolic OH excluding ortho intramolecular Hbond substituents is 1. The molecule has 1 N–H and O–H groups in total. The average Bonchev–Trinajstić information content (AvgIpc) is 2.53. The highest BCUT2D eigenvalue weighted by atomic mass is 16.6. The third kappa shape index (κ3) is 4.53. The number of carbonyl (C=O) groups excluding carboxylic acids is 1. The molecule has 21 heavy (non-hydrogen) atoms. The summed E-state index contributed by atoms with van der Waals surface area (Å²) in [5, 5.41) is 9.26. The van der Waals surface area contributed by atoms with Crippen LogP contribution >= 0.6 is 0 Å². The van der Waals surface area contributed by atoms with Crippen molar-refractivity contribution >= 4 is 6.09 Å². The minimum absolute atomic E-state index is 0.216. The normalized spacial score (nSPS) is 10.1. The number of rotatable bonds is 5. The summed E-state index contributed by atoms with van der Waals surface area (Å²) in [5.74, 6) is 0.216. The summed E-state index contributed by atoms with van der Waals surface area (Å²) >= 11 is 0. The number of ether oxygens (including phenoxy) is 1. The van der Waals surface area contributed by atoms with Gasteiger partial charge in [0, 0.05) is 13.1 Å². The van der Waals surface area contributed by atoms with Crippen LogP contribution in [0.1, 0.15) is 18.1 Å². The summed E-state index contributed by atoms with van der Waals surface area (Å²) in [6.45, 7) is 3.20. The van der Waals surface area contributed by atoms with Gasteiger partial charge < -0.3 is 14.7 Å². The number of benzene rings is 2. The molecule has 0 atom stereocenters. The van der Waals surface area contributed by atoms with Crippen molar-refractivity contribution in [2.45, 2.75) is 20.1 Å². The molecule has 0 fully saturated rings. The Morgan fingerprint density at radius 3 is 2.33 bits per heavy atom. The highest BCUT2D eigenvalue weighted by Gasteiger charge is 2.13. The molecular formula is C17H19NO3. The molecular weight excluding hydrogens is 266 g/mol. The van der Waals surface area contributed by atoms with Gasteiger partial charge in [0.25, 0.3) is 0 Å². The van der Waals surface area contributed by atoms with Crippen molar-refractivity contribution in [3.63, 3.8) is 0 Å². The van der Waals surface area contributed by atoms with Crippen molar-refractivity contribution in [1.29, 1.82) is 0 Å². The highest BCUT2D eigenvalue weighted by molar-refractivity contribution is 5.67. The Kier molecular flexibility index (Phi) is 5.21. The second kappa shape index (κ2) is 7.33. The lowest BCUT2D eigenvalue weighted by molar-refractivity contribution is 0.0956. The van der Waals surface area contributed by atoms with Crippen molar-refractivity contribution < 1.29 is 14.6 Å². The molecule has 110 valence electrons. The number of hydrogen-bond acceptors (Lipinski definition) is 3. The van der Waals surface area contributed by atoms with Crippen LogP contribution in [-0.4, -0.2) is 22.6 Å². The van der Waals surface area contributed by atoms with E-state index in [9.17, 15) is 9.90 Å². The standard InChI is InChI=1S/C17H19NO3/c1-2-18(12-14-8-10-16(19)11-9-14)17(20)21-13-15-6-4-3-5-7-15/h3-11,19H,2,12-13H2,1H3. The van der Waals surface area contributed by atoms with Gasteiger partial charge in [0.1, 0.15) is 12.4 Å². The van der Waals surface area contributed by atoms with Crippen LogP contribution in [0.4, 0.5) is 4.79 Å². The van der Waals surface area contributed by atoms with Gasteiger partial charge in [-0.2, -0.15) is 0 Å². The number of nitrogens with zero attached hydrogens (tertiary/aromatic N) is 1. The van der Waals surface area contributed by atoms with Gasteiger partial charge in [-0.3, -0.25) is 0 Å². The van der Waals surface area contributed by atoms with Crippen LogP contribution in [0.2, 0.25) is 0 Å². The van der Waals surface area contributed by atoms with Crippen LogP contribution in [0.3, 0.4) is 0 Å². The van der Waals surface area contributed by atoms with Gasteiger partial charge >= 0.3 is 6.09 Å². The van der Waals surface area contributed by atoms with Crippen LogP contribution < -0.4 is 0 Å². The van der Waals surface area contributed by atoms with Crippen LogP contribution in [0, 0.1) is 0 Å². The van der Waals surface area contributed by atoms with Gasteiger partial charge in [0.15, 0.2) is 0 Å². The number of amides is 1. The third-order valence-electron chi connectivity index (χ3n) is 3.15. The molecule has 0 unspecified atom stereocenters. The summed E-state index contributed by atoms with van der Waals surface area (Å²) < 4.78 is 5.31. The van der Waals surface area contributed by atoms with Crippen LogP contribution in [-0.2, 0) is 17.9 Å². The Bertz CT molecular complexity index is 566. The van der Waals surface area contributed by atoms with Gasteiger partial charge in [-0.1, -0.05) is 42.5 Å². The Morgan fingerprint density at radius 1 is 1.05 bits per heavy atom. The molecule has 2 aromatic carbocycles. The maximum Gasteiger partial charge on any atom is 0.410 e. The van der Waals surface area contributed by atoms with Crippen molar-refractivity contribution in [1.82, 2.24) is 4.90 Å². The quantitative estimate of drug-likeness (QED) is 0.914. The minimum Gasteiger partial charge on any atom is -0.508 e. The van der Waals surface area contributed by atoms with E-state index in [-0.39, 0.29) is 18.4 Å². The van der Waals surface area contributed by atoms with E-state index in [2.05, 4.69) is 0 Å². The molecule has 0 aliphatic carbocycles. The molecule has 0 saturated carbocycles. The minimum atomic E-state index is -0.338. The van der Waals surface area contributed by atoms with Crippen molar-refractivity contribution in [3.05, 3.63) is 65.7 Å². The fourth-order valence-electron chi connectivity index (χ4n) is 1.94. The van der Waals surface area contributed by atoms with Gasteiger partial charge in [-0.25, -0.2) is 4.79 Å². The predicted molar refractivity (Wildman–Crippen MR) is 80.8 cm³/mol. The molecule has 0 aliphatic rings. The summed E-state index contributed by atoms with van der Waals surface area (Å²) in [6, 6.07) is 16.4.